The number of amides is 1. The number of carbonyl (C=O) groups excluding carboxylic acids is 1. The van der Waals surface area contributed by atoms with Gasteiger partial charge < -0.3 is 5.32 Å². The van der Waals surface area contributed by atoms with Crippen molar-refractivity contribution in [2.24, 2.45) is 0 Å². The molecule has 2 aromatic rings. The van der Waals surface area contributed by atoms with Gasteiger partial charge in [-0.15, -0.1) is 0 Å². The maximum atomic E-state index is 13.5. The molecule has 23 heavy (non-hydrogen) atoms. The first-order valence-corrected chi connectivity index (χ1v) is 8.58. The Hall–Kier alpha value is -2.41. The molecule has 2 aromatic carbocycles. The van der Waals surface area contributed by atoms with Gasteiger partial charge in [-0.1, -0.05) is 19.1 Å². The van der Waals surface area contributed by atoms with Gasteiger partial charge in [0.1, 0.15) is 5.82 Å². The van der Waals surface area contributed by atoms with Gasteiger partial charge in [-0.3, -0.25) is 9.52 Å². The van der Waals surface area contributed by atoms with Crippen LogP contribution in [-0.2, 0) is 10.0 Å². The van der Waals surface area contributed by atoms with Gasteiger partial charge in [-0.05, 0) is 42.8 Å². The smallest absolute Gasteiger partial charge is 0.261 e. The standard InChI is InChI=1S/C16H17FN2O3S/c1-2-11-18-16(20)12-7-9-13(10-8-12)23(21,22)19-15-6-4-3-5-14(15)17/h3-10,19H,2,11H2,1H3,(H,18,20). The third-order valence-corrected chi connectivity index (χ3v) is 4.46. The van der Waals surface area contributed by atoms with Crippen LogP contribution >= 0.6 is 0 Å². The minimum atomic E-state index is -3.92. The molecule has 1 amide bonds. The highest BCUT2D eigenvalue weighted by atomic mass is 32.2. The molecule has 0 bridgehead atoms. The van der Waals surface area contributed by atoms with Gasteiger partial charge in [0, 0.05) is 12.1 Å². The first kappa shape index (κ1) is 17.0. The topological polar surface area (TPSA) is 75.3 Å². The lowest BCUT2D eigenvalue weighted by molar-refractivity contribution is 0.0953. The molecule has 0 aromatic heterocycles. The Morgan fingerprint density at radius 3 is 2.35 bits per heavy atom. The fraction of sp³-hybridized carbons (Fsp3) is 0.188. The van der Waals surface area contributed by atoms with Crippen LogP contribution in [0.5, 0.6) is 0 Å². The van der Waals surface area contributed by atoms with Gasteiger partial charge in [0.15, 0.2) is 0 Å². The molecular formula is C16H17FN2O3S. The van der Waals surface area contributed by atoms with Crippen LogP contribution in [0.1, 0.15) is 23.7 Å². The van der Waals surface area contributed by atoms with E-state index in [0.29, 0.717) is 12.1 Å². The van der Waals surface area contributed by atoms with E-state index in [9.17, 15) is 17.6 Å². The second-order valence-electron chi connectivity index (χ2n) is 4.87. The molecule has 0 spiro atoms. The molecule has 5 nitrogen and oxygen atoms in total. The summed E-state index contributed by atoms with van der Waals surface area (Å²) in [7, 11) is -3.92. The fourth-order valence-electron chi connectivity index (χ4n) is 1.87. The highest BCUT2D eigenvalue weighted by Crippen LogP contribution is 2.19. The van der Waals surface area contributed by atoms with Crippen molar-refractivity contribution in [3.63, 3.8) is 0 Å². The van der Waals surface area contributed by atoms with E-state index in [-0.39, 0.29) is 16.5 Å². The number of sulfonamides is 1. The van der Waals surface area contributed by atoms with Gasteiger partial charge >= 0.3 is 0 Å². The lowest BCUT2D eigenvalue weighted by Crippen LogP contribution is -2.24. The molecule has 2 rings (SSSR count). The van der Waals surface area contributed by atoms with Gasteiger partial charge in [0.2, 0.25) is 0 Å². The molecular weight excluding hydrogens is 319 g/mol. The van der Waals surface area contributed by atoms with E-state index in [0.717, 1.165) is 6.42 Å². The van der Waals surface area contributed by atoms with Crippen molar-refractivity contribution in [1.29, 1.82) is 0 Å². The van der Waals surface area contributed by atoms with E-state index in [1.54, 1.807) is 0 Å². The summed E-state index contributed by atoms with van der Waals surface area (Å²) in [5, 5.41) is 2.70. The molecule has 122 valence electrons. The third kappa shape index (κ3) is 4.29. The van der Waals surface area contributed by atoms with E-state index < -0.39 is 15.8 Å². The minimum absolute atomic E-state index is 0.0483. The zero-order valence-electron chi connectivity index (χ0n) is 12.5. The van der Waals surface area contributed by atoms with Crippen LogP contribution in [0, 0.1) is 5.82 Å². The number of rotatable bonds is 6. The van der Waals surface area contributed by atoms with Crippen LogP contribution in [0.3, 0.4) is 0 Å². The average molecular weight is 336 g/mol. The van der Waals surface area contributed by atoms with Gasteiger partial charge in [0.25, 0.3) is 15.9 Å². The summed E-state index contributed by atoms with van der Waals surface area (Å²) >= 11 is 0. The van der Waals surface area contributed by atoms with E-state index in [4.69, 9.17) is 0 Å². The van der Waals surface area contributed by atoms with Crippen molar-refractivity contribution in [2.75, 3.05) is 11.3 Å². The molecule has 0 radical (unpaired) electrons. The van der Waals surface area contributed by atoms with E-state index in [1.807, 2.05) is 6.92 Å². The quantitative estimate of drug-likeness (QED) is 0.852. The summed E-state index contributed by atoms with van der Waals surface area (Å²) in [4.78, 5) is 11.7. The van der Waals surface area contributed by atoms with Crippen molar-refractivity contribution in [3.8, 4) is 0 Å². The summed E-state index contributed by atoms with van der Waals surface area (Å²) in [6.45, 7) is 2.48. The molecule has 0 saturated carbocycles. The number of halogens is 1. The van der Waals surface area contributed by atoms with Gasteiger partial charge in [-0.25, -0.2) is 12.8 Å². The van der Waals surface area contributed by atoms with Crippen molar-refractivity contribution in [2.45, 2.75) is 18.2 Å². The van der Waals surface area contributed by atoms with Crippen LogP contribution in [0.15, 0.2) is 53.4 Å². The Balaban J connectivity index is 2.18. The number of nitrogens with one attached hydrogen (secondary N) is 2. The number of benzene rings is 2. The SMILES string of the molecule is CCCNC(=O)c1ccc(S(=O)(=O)Nc2ccccc2F)cc1. The molecule has 0 fully saturated rings. The molecule has 0 aliphatic rings. The van der Waals surface area contributed by atoms with Gasteiger partial charge in [0.05, 0.1) is 10.6 Å². The molecule has 0 heterocycles. The second-order valence-corrected chi connectivity index (χ2v) is 6.55. The Morgan fingerprint density at radius 1 is 1.09 bits per heavy atom. The Bertz CT molecular complexity index is 789. The Morgan fingerprint density at radius 2 is 1.74 bits per heavy atom. The highest BCUT2D eigenvalue weighted by molar-refractivity contribution is 7.92. The molecule has 0 aliphatic heterocycles. The summed E-state index contributed by atoms with van der Waals surface area (Å²) in [6, 6.07) is 11.0. The maximum absolute atomic E-state index is 13.5. The summed E-state index contributed by atoms with van der Waals surface area (Å²) < 4.78 is 40.2. The van der Waals surface area contributed by atoms with E-state index in [1.165, 1.54) is 48.5 Å². The number of hydrogen-bond donors (Lipinski definition) is 2. The monoisotopic (exact) mass is 336 g/mol. The van der Waals surface area contributed by atoms with Crippen LogP contribution in [0.4, 0.5) is 10.1 Å². The van der Waals surface area contributed by atoms with Crippen LogP contribution in [-0.4, -0.2) is 20.9 Å². The van der Waals surface area contributed by atoms with Crippen LogP contribution < -0.4 is 10.0 Å². The largest absolute Gasteiger partial charge is 0.352 e. The van der Waals surface area contributed by atoms with Crippen molar-refractivity contribution in [3.05, 3.63) is 59.9 Å². The van der Waals surface area contributed by atoms with E-state index in [2.05, 4.69) is 10.0 Å². The van der Waals surface area contributed by atoms with Crippen LogP contribution in [0.25, 0.3) is 0 Å². The summed E-state index contributed by atoms with van der Waals surface area (Å²) in [5.41, 5.74) is 0.237. The number of para-hydroxylation sites is 1. The molecule has 0 unspecified atom stereocenters. The lowest BCUT2D eigenvalue weighted by atomic mass is 10.2. The summed E-state index contributed by atoms with van der Waals surface area (Å²) in [5.74, 6) is -0.926. The molecule has 2 N–H and O–H groups in total. The van der Waals surface area contributed by atoms with Gasteiger partial charge in [-0.2, -0.15) is 0 Å². The van der Waals surface area contributed by atoms with Crippen molar-refractivity contribution < 1.29 is 17.6 Å². The Labute approximate surface area is 134 Å². The second kappa shape index (κ2) is 7.23. The highest BCUT2D eigenvalue weighted by Gasteiger charge is 2.16. The van der Waals surface area contributed by atoms with E-state index >= 15 is 0 Å². The predicted molar refractivity (Wildman–Crippen MR) is 86.3 cm³/mol. The molecule has 0 aliphatic carbocycles. The maximum Gasteiger partial charge on any atom is 0.261 e. The molecule has 7 heteroatoms. The van der Waals surface area contributed by atoms with Crippen LogP contribution in [0.2, 0.25) is 0 Å². The lowest BCUT2D eigenvalue weighted by Gasteiger charge is -2.09. The molecule has 0 atom stereocenters. The normalized spacial score (nSPS) is 11.0. The number of anilines is 1. The molecule has 0 saturated heterocycles. The average Bonchev–Trinajstić information content (AvgIpc) is 2.55. The summed E-state index contributed by atoms with van der Waals surface area (Å²) in [6.07, 6.45) is 0.810. The van der Waals surface area contributed by atoms with Crippen molar-refractivity contribution in [1.82, 2.24) is 5.32 Å². The predicted octanol–water partition coefficient (Wildman–Crippen LogP) is 2.77. The first-order valence-electron chi connectivity index (χ1n) is 7.09. The first-order chi connectivity index (χ1) is 10.9. The Kier molecular flexibility index (Phi) is 5.33. The fourth-order valence-corrected chi connectivity index (χ4v) is 2.94. The number of hydrogen-bond acceptors (Lipinski definition) is 3. The zero-order valence-corrected chi connectivity index (χ0v) is 13.4. The zero-order chi connectivity index (χ0) is 16.9. The van der Waals surface area contributed by atoms with Crippen molar-refractivity contribution >= 4 is 21.6 Å². The third-order valence-electron chi connectivity index (χ3n) is 3.08. The minimum Gasteiger partial charge on any atom is -0.352 e. The number of carbonyl (C=O) groups is 1.